The first kappa shape index (κ1) is 18.8. The Morgan fingerprint density at radius 3 is 2.04 bits per heavy atom. The van der Waals surface area contributed by atoms with Gasteiger partial charge in [0.05, 0.1) is 13.2 Å². The van der Waals surface area contributed by atoms with Gasteiger partial charge in [0.25, 0.3) is 5.91 Å². The van der Waals surface area contributed by atoms with E-state index in [0.29, 0.717) is 25.3 Å². The topological polar surface area (TPSA) is 47.6 Å². The predicted octanol–water partition coefficient (Wildman–Crippen LogP) is 4.19. The first-order chi connectivity index (χ1) is 11.9. The van der Waals surface area contributed by atoms with Crippen LogP contribution in [0.25, 0.3) is 0 Å². The van der Waals surface area contributed by atoms with Crippen molar-refractivity contribution in [1.82, 2.24) is 5.32 Å². The molecule has 0 heterocycles. The summed E-state index contributed by atoms with van der Waals surface area (Å²) in [6.07, 6.45) is 0. The van der Waals surface area contributed by atoms with Crippen molar-refractivity contribution in [2.75, 3.05) is 19.8 Å². The fourth-order valence-electron chi connectivity index (χ4n) is 2.36. The fraction of sp³-hybridized carbons (Fsp3) is 0.381. The number of nitrogens with one attached hydrogen (secondary N) is 1. The molecule has 0 fully saturated rings. The van der Waals surface area contributed by atoms with Crippen LogP contribution >= 0.6 is 0 Å². The lowest BCUT2D eigenvalue weighted by Crippen LogP contribution is -2.28. The van der Waals surface area contributed by atoms with Gasteiger partial charge in [-0.25, -0.2) is 0 Å². The normalized spacial score (nSPS) is 11.0. The molecule has 25 heavy (non-hydrogen) atoms. The first-order valence-electron chi connectivity index (χ1n) is 8.64. The molecule has 0 atom stereocenters. The van der Waals surface area contributed by atoms with Crippen LogP contribution in [0, 0.1) is 0 Å². The number of benzene rings is 2. The molecule has 0 unspecified atom stereocenters. The first-order valence-corrected chi connectivity index (χ1v) is 8.64. The van der Waals surface area contributed by atoms with Crippen LogP contribution in [0.5, 0.6) is 11.5 Å². The van der Waals surface area contributed by atoms with Crippen LogP contribution in [0.3, 0.4) is 0 Å². The molecule has 0 aliphatic carbocycles. The Morgan fingerprint density at radius 2 is 1.48 bits per heavy atom. The summed E-state index contributed by atoms with van der Waals surface area (Å²) >= 11 is 0. The van der Waals surface area contributed by atoms with Gasteiger partial charge in [0.15, 0.2) is 0 Å². The van der Waals surface area contributed by atoms with Crippen LogP contribution in [-0.4, -0.2) is 25.7 Å². The van der Waals surface area contributed by atoms with Crippen molar-refractivity contribution < 1.29 is 14.3 Å². The van der Waals surface area contributed by atoms with Crippen LogP contribution in [-0.2, 0) is 5.41 Å². The van der Waals surface area contributed by atoms with Gasteiger partial charge in [-0.2, -0.15) is 0 Å². The molecular formula is C21H27NO3. The van der Waals surface area contributed by atoms with E-state index in [9.17, 15) is 4.79 Å². The molecule has 4 nitrogen and oxygen atoms in total. The van der Waals surface area contributed by atoms with Crippen LogP contribution in [0.15, 0.2) is 48.5 Å². The van der Waals surface area contributed by atoms with E-state index in [1.165, 1.54) is 5.56 Å². The standard InChI is InChI=1S/C21H27NO3/c1-5-24-18-10-6-16(7-11-18)20(23)22-14-15-25-19-12-8-17(9-13-19)21(2,3)4/h6-13H,5,14-15H2,1-4H3,(H,22,23). The van der Waals surface area contributed by atoms with Gasteiger partial charge in [0, 0.05) is 5.56 Å². The number of carbonyl (C=O) groups excluding carboxylic acids is 1. The minimum Gasteiger partial charge on any atom is -0.494 e. The molecule has 134 valence electrons. The molecule has 1 amide bonds. The fourth-order valence-corrected chi connectivity index (χ4v) is 2.36. The van der Waals surface area contributed by atoms with Crippen molar-refractivity contribution in [3.63, 3.8) is 0 Å². The molecule has 1 N–H and O–H groups in total. The summed E-state index contributed by atoms with van der Waals surface area (Å²) < 4.78 is 11.0. The molecule has 0 aliphatic heterocycles. The summed E-state index contributed by atoms with van der Waals surface area (Å²) in [5.74, 6) is 1.46. The van der Waals surface area contributed by atoms with Crippen LogP contribution < -0.4 is 14.8 Å². The highest BCUT2D eigenvalue weighted by molar-refractivity contribution is 5.94. The van der Waals surface area contributed by atoms with Crippen molar-refractivity contribution in [2.45, 2.75) is 33.1 Å². The summed E-state index contributed by atoms with van der Waals surface area (Å²) in [7, 11) is 0. The number of ether oxygens (including phenoxy) is 2. The van der Waals surface area contributed by atoms with E-state index in [2.05, 4.69) is 38.2 Å². The van der Waals surface area contributed by atoms with E-state index in [1.807, 2.05) is 19.1 Å². The highest BCUT2D eigenvalue weighted by Crippen LogP contribution is 2.24. The lowest BCUT2D eigenvalue weighted by atomic mass is 9.87. The maximum atomic E-state index is 12.1. The zero-order valence-corrected chi connectivity index (χ0v) is 15.5. The maximum absolute atomic E-state index is 12.1. The van der Waals surface area contributed by atoms with Gasteiger partial charge < -0.3 is 14.8 Å². The summed E-state index contributed by atoms with van der Waals surface area (Å²) in [6.45, 7) is 9.96. The summed E-state index contributed by atoms with van der Waals surface area (Å²) in [5.41, 5.74) is 2.01. The predicted molar refractivity (Wildman–Crippen MR) is 101 cm³/mol. The summed E-state index contributed by atoms with van der Waals surface area (Å²) in [4.78, 5) is 12.1. The SMILES string of the molecule is CCOc1ccc(C(=O)NCCOc2ccc(C(C)(C)C)cc2)cc1. The molecular weight excluding hydrogens is 314 g/mol. The van der Waals surface area contributed by atoms with Gasteiger partial charge in [-0.05, 0) is 54.3 Å². The van der Waals surface area contributed by atoms with Gasteiger partial charge in [-0.1, -0.05) is 32.9 Å². The second-order valence-corrected chi connectivity index (χ2v) is 6.84. The molecule has 0 saturated heterocycles. The van der Waals surface area contributed by atoms with E-state index >= 15 is 0 Å². The zero-order valence-electron chi connectivity index (χ0n) is 15.5. The average molecular weight is 341 g/mol. The monoisotopic (exact) mass is 341 g/mol. The van der Waals surface area contributed by atoms with Crippen molar-refractivity contribution >= 4 is 5.91 Å². The highest BCUT2D eigenvalue weighted by atomic mass is 16.5. The van der Waals surface area contributed by atoms with Gasteiger partial charge in [-0.3, -0.25) is 4.79 Å². The van der Waals surface area contributed by atoms with Crippen LogP contribution in [0.4, 0.5) is 0 Å². The highest BCUT2D eigenvalue weighted by Gasteiger charge is 2.13. The van der Waals surface area contributed by atoms with E-state index in [-0.39, 0.29) is 11.3 Å². The number of hydrogen-bond donors (Lipinski definition) is 1. The molecule has 2 aromatic carbocycles. The van der Waals surface area contributed by atoms with Gasteiger partial charge >= 0.3 is 0 Å². The lowest BCUT2D eigenvalue weighted by Gasteiger charge is -2.19. The summed E-state index contributed by atoms with van der Waals surface area (Å²) in [5, 5.41) is 2.85. The molecule has 2 rings (SSSR count). The number of amides is 1. The molecule has 0 bridgehead atoms. The molecule has 0 radical (unpaired) electrons. The molecule has 2 aromatic rings. The third kappa shape index (κ3) is 5.82. The van der Waals surface area contributed by atoms with Crippen molar-refractivity contribution in [2.24, 2.45) is 0 Å². The van der Waals surface area contributed by atoms with E-state index < -0.39 is 0 Å². The van der Waals surface area contributed by atoms with Gasteiger partial charge in [-0.15, -0.1) is 0 Å². The van der Waals surface area contributed by atoms with Crippen LogP contribution in [0.2, 0.25) is 0 Å². The van der Waals surface area contributed by atoms with Crippen molar-refractivity contribution in [1.29, 1.82) is 0 Å². The third-order valence-electron chi connectivity index (χ3n) is 3.80. The van der Waals surface area contributed by atoms with E-state index in [1.54, 1.807) is 24.3 Å². The number of rotatable bonds is 7. The molecule has 0 aromatic heterocycles. The lowest BCUT2D eigenvalue weighted by molar-refractivity contribution is 0.0947. The Morgan fingerprint density at radius 1 is 0.920 bits per heavy atom. The van der Waals surface area contributed by atoms with Crippen molar-refractivity contribution in [3.8, 4) is 11.5 Å². The number of hydrogen-bond acceptors (Lipinski definition) is 3. The summed E-state index contributed by atoms with van der Waals surface area (Å²) in [6, 6.07) is 15.2. The average Bonchev–Trinajstić information content (AvgIpc) is 2.59. The van der Waals surface area contributed by atoms with E-state index in [4.69, 9.17) is 9.47 Å². The Kier molecular flexibility index (Phi) is 6.45. The third-order valence-corrected chi connectivity index (χ3v) is 3.80. The largest absolute Gasteiger partial charge is 0.494 e. The molecule has 0 aliphatic rings. The minimum atomic E-state index is -0.116. The molecule has 0 spiro atoms. The Labute approximate surface area is 150 Å². The Hall–Kier alpha value is -2.49. The molecule has 0 saturated carbocycles. The van der Waals surface area contributed by atoms with Crippen LogP contribution in [0.1, 0.15) is 43.6 Å². The minimum absolute atomic E-state index is 0.116. The maximum Gasteiger partial charge on any atom is 0.251 e. The van der Waals surface area contributed by atoms with Crippen molar-refractivity contribution in [3.05, 3.63) is 59.7 Å². The van der Waals surface area contributed by atoms with Gasteiger partial charge in [0.2, 0.25) is 0 Å². The Balaban J connectivity index is 1.76. The Bertz CT molecular complexity index is 670. The number of carbonyl (C=O) groups is 1. The van der Waals surface area contributed by atoms with Gasteiger partial charge in [0.1, 0.15) is 18.1 Å². The smallest absolute Gasteiger partial charge is 0.251 e. The molecule has 4 heteroatoms. The quantitative estimate of drug-likeness (QED) is 0.768. The second kappa shape index (κ2) is 8.56. The van der Waals surface area contributed by atoms with E-state index in [0.717, 1.165) is 11.5 Å². The second-order valence-electron chi connectivity index (χ2n) is 6.84. The zero-order chi connectivity index (χ0) is 18.3.